The van der Waals surface area contributed by atoms with Crippen LogP contribution in [-0.4, -0.2) is 43.1 Å². The van der Waals surface area contributed by atoms with Crippen LogP contribution in [0, 0.1) is 0 Å². The normalized spacial score (nSPS) is 17.3. The zero-order valence-electron chi connectivity index (χ0n) is 14.8. The maximum absolute atomic E-state index is 5.79. The molecule has 0 bridgehead atoms. The molecule has 134 valence electrons. The molecule has 1 fully saturated rings. The maximum atomic E-state index is 5.79. The first kappa shape index (κ1) is 16.7. The quantitative estimate of drug-likeness (QED) is 0.752. The number of likely N-dealkylation sites (tertiary alicyclic amines) is 1. The topological polar surface area (TPSA) is 96.6 Å². The Morgan fingerprint density at radius 2 is 1.88 bits per heavy atom. The van der Waals surface area contributed by atoms with E-state index in [0.29, 0.717) is 11.7 Å². The van der Waals surface area contributed by atoms with Gasteiger partial charge in [0, 0.05) is 17.7 Å². The molecule has 2 aromatic heterocycles. The van der Waals surface area contributed by atoms with Crippen LogP contribution in [0.15, 0.2) is 42.6 Å². The van der Waals surface area contributed by atoms with Crippen LogP contribution < -0.4 is 5.73 Å². The molecule has 1 saturated heterocycles. The first-order valence-corrected chi connectivity index (χ1v) is 9.01. The van der Waals surface area contributed by atoms with Gasteiger partial charge in [0.15, 0.2) is 5.82 Å². The van der Waals surface area contributed by atoms with Crippen LogP contribution in [0.4, 0.5) is 5.82 Å². The van der Waals surface area contributed by atoms with Crippen LogP contribution in [0.2, 0.25) is 0 Å². The van der Waals surface area contributed by atoms with Gasteiger partial charge in [0.1, 0.15) is 17.5 Å². The second kappa shape index (κ2) is 7.21. The SMILES string of the molecule is CC(c1nccc(N)n1)N1CCC(c2nc(-c3ccccc3)n[nH]2)CC1. The smallest absolute Gasteiger partial charge is 0.181 e. The van der Waals surface area contributed by atoms with E-state index in [2.05, 4.69) is 32.0 Å². The molecule has 3 N–H and O–H groups in total. The molecule has 4 rings (SSSR count). The van der Waals surface area contributed by atoms with Crippen molar-refractivity contribution in [3.05, 3.63) is 54.2 Å². The van der Waals surface area contributed by atoms with E-state index in [1.54, 1.807) is 12.3 Å². The minimum atomic E-state index is 0.161. The Morgan fingerprint density at radius 1 is 1.12 bits per heavy atom. The predicted molar refractivity (Wildman–Crippen MR) is 100 cm³/mol. The van der Waals surface area contributed by atoms with Gasteiger partial charge in [-0.05, 0) is 38.9 Å². The number of aromatic nitrogens is 5. The van der Waals surface area contributed by atoms with Gasteiger partial charge in [-0.2, -0.15) is 5.10 Å². The number of anilines is 1. The molecular weight excluding hydrogens is 326 g/mol. The highest BCUT2D eigenvalue weighted by Crippen LogP contribution is 2.30. The highest BCUT2D eigenvalue weighted by Gasteiger charge is 2.27. The summed E-state index contributed by atoms with van der Waals surface area (Å²) in [5.41, 5.74) is 6.83. The van der Waals surface area contributed by atoms with Gasteiger partial charge in [-0.1, -0.05) is 30.3 Å². The van der Waals surface area contributed by atoms with E-state index in [9.17, 15) is 0 Å². The van der Waals surface area contributed by atoms with Gasteiger partial charge in [-0.15, -0.1) is 0 Å². The number of nitrogens with zero attached hydrogens (tertiary/aromatic N) is 5. The third-order valence-corrected chi connectivity index (χ3v) is 5.07. The van der Waals surface area contributed by atoms with E-state index in [1.807, 2.05) is 30.3 Å². The molecule has 0 saturated carbocycles. The number of nitrogen functional groups attached to an aromatic ring is 1. The Balaban J connectivity index is 1.40. The summed E-state index contributed by atoms with van der Waals surface area (Å²) in [6, 6.07) is 11.9. The molecule has 1 atom stereocenters. The van der Waals surface area contributed by atoms with Crippen molar-refractivity contribution in [2.24, 2.45) is 0 Å². The first-order chi connectivity index (χ1) is 12.7. The second-order valence-electron chi connectivity index (χ2n) is 6.74. The highest BCUT2D eigenvalue weighted by molar-refractivity contribution is 5.53. The Hall–Kier alpha value is -2.80. The molecule has 1 aliphatic heterocycles. The molecule has 0 radical (unpaired) electrons. The fourth-order valence-electron chi connectivity index (χ4n) is 3.49. The van der Waals surface area contributed by atoms with Crippen LogP contribution in [0.25, 0.3) is 11.4 Å². The molecule has 7 heteroatoms. The largest absolute Gasteiger partial charge is 0.384 e. The lowest BCUT2D eigenvalue weighted by Crippen LogP contribution is -2.36. The summed E-state index contributed by atoms with van der Waals surface area (Å²) < 4.78 is 0. The Kier molecular flexibility index (Phi) is 4.62. The number of rotatable bonds is 4. The predicted octanol–water partition coefficient (Wildman–Crippen LogP) is 2.78. The number of piperidine rings is 1. The molecule has 26 heavy (non-hydrogen) atoms. The number of benzene rings is 1. The minimum absolute atomic E-state index is 0.161. The number of aromatic amines is 1. The van der Waals surface area contributed by atoms with E-state index in [0.717, 1.165) is 49.0 Å². The van der Waals surface area contributed by atoms with Crippen LogP contribution in [0.5, 0.6) is 0 Å². The molecule has 7 nitrogen and oxygen atoms in total. The van der Waals surface area contributed by atoms with Crippen molar-refractivity contribution < 1.29 is 0 Å². The summed E-state index contributed by atoms with van der Waals surface area (Å²) >= 11 is 0. The highest BCUT2D eigenvalue weighted by atomic mass is 15.2. The average Bonchev–Trinajstić information content (AvgIpc) is 3.18. The van der Waals surface area contributed by atoms with Crippen LogP contribution in [-0.2, 0) is 0 Å². The number of H-pyrrole nitrogens is 1. The molecule has 1 aliphatic rings. The Morgan fingerprint density at radius 3 is 2.62 bits per heavy atom. The van der Waals surface area contributed by atoms with E-state index < -0.39 is 0 Å². The summed E-state index contributed by atoms with van der Waals surface area (Å²) in [6.45, 7) is 4.09. The van der Waals surface area contributed by atoms with E-state index in [4.69, 9.17) is 10.7 Å². The van der Waals surface area contributed by atoms with Gasteiger partial charge in [-0.25, -0.2) is 15.0 Å². The van der Waals surface area contributed by atoms with Crippen molar-refractivity contribution in [3.8, 4) is 11.4 Å². The third kappa shape index (κ3) is 3.43. The summed E-state index contributed by atoms with van der Waals surface area (Å²) in [5, 5.41) is 7.53. The third-order valence-electron chi connectivity index (χ3n) is 5.07. The molecule has 0 spiro atoms. The van der Waals surface area contributed by atoms with Crippen molar-refractivity contribution in [3.63, 3.8) is 0 Å². The standard InChI is InChI=1S/C19H23N7/c1-13(17-21-10-7-16(20)22-17)26-11-8-15(9-12-26)19-23-18(24-25-19)14-5-3-2-4-6-14/h2-7,10,13,15H,8-9,11-12H2,1H3,(H2,20,21,22)(H,23,24,25). The molecular formula is C19H23N7. The summed E-state index contributed by atoms with van der Waals surface area (Å²) in [4.78, 5) is 15.8. The van der Waals surface area contributed by atoms with Gasteiger partial charge in [0.2, 0.25) is 0 Å². The number of hydrogen-bond donors (Lipinski definition) is 2. The fourth-order valence-corrected chi connectivity index (χ4v) is 3.49. The van der Waals surface area contributed by atoms with Crippen LogP contribution >= 0.6 is 0 Å². The monoisotopic (exact) mass is 349 g/mol. The zero-order valence-corrected chi connectivity index (χ0v) is 14.8. The lowest BCUT2D eigenvalue weighted by molar-refractivity contribution is 0.155. The van der Waals surface area contributed by atoms with Gasteiger partial charge < -0.3 is 5.73 Å². The van der Waals surface area contributed by atoms with Crippen LogP contribution in [0.3, 0.4) is 0 Å². The van der Waals surface area contributed by atoms with Crippen molar-refractivity contribution >= 4 is 5.82 Å². The molecule has 3 aromatic rings. The van der Waals surface area contributed by atoms with Crippen molar-refractivity contribution in [1.82, 2.24) is 30.0 Å². The fraction of sp³-hybridized carbons (Fsp3) is 0.368. The number of nitrogens with two attached hydrogens (primary N) is 1. The first-order valence-electron chi connectivity index (χ1n) is 9.01. The van der Waals surface area contributed by atoms with Crippen molar-refractivity contribution in [1.29, 1.82) is 0 Å². The molecule has 0 amide bonds. The molecule has 0 aliphatic carbocycles. The maximum Gasteiger partial charge on any atom is 0.181 e. The molecule has 1 unspecified atom stereocenters. The minimum Gasteiger partial charge on any atom is -0.384 e. The van der Waals surface area contributed by atoms with E-state index in [-0.39, 0.29) is 6.04 Å². The summed E-state index contributed by atoms with van der Waals surface area (Å²) in [5.74, 6) is 3.47. The number of hydrogen-bond acceptors (Lipinski definition) is 6. The van der Waals surface area contributed by atoms with E-state index >= 15 is 0 Å². The summed E-state index contributed by atoms with van der Waals surface area (Å²) in [7, 11) is 0. The van der Waals surface area contributed by atoms with Crippen molar-refractivity contribution in [2.45, 2.75) is 31.7 Å². The zero-order chi connectivity index (χ0) is 17.9. The lowest BCUT2D eigenvalue weighted by Gasteiger charge is -2.34. The Bertz CT molecular complexity index is 853. The Labute approximate surface area is 152 Å². The molecule has 3 heterocycles. The molecule has 1 aromatic carbocycles. The average molecular weight is 349 g/mol. The van der Waals surface area contributed by atoms with Gasteiger partial charge in [-0.3, -0.25) is 10.00 Å². The van der Waals surface area contributed by atoms with Gasteiger partial charge >= 0.3 is 0 Å². The summed E-state index contributed by atoms with van der Waals surface area (Å²) in [6.07, 6.45) is 3.80. The van der Waals surface area contributed by atoms with E-state index in [1.165, 1.54) is 0 Å². The van der Waals surface area contributed by atoms with Gasteiger partial charge in [0.05, 0.1) is 6.04 Å². The second-order valence-corrected chi connectivity index (χ2v) is 6.74. The lowest BCUT2D eigenvalue weighted by atomic mass is 9.95. The number of nitrogens with one attached hydrogen (secondary N) is 1. The van der Waals surface area contributed by atoms with Gasteiger partial charge in [0.25, 0.3) is 0 Å². The van der Waals surface area contributed by atoms with Crippen molar-refractivity contribution in [2.75, 3.05) is 18.8 Å². The van der Waals surface area contributed by atoms with Crippen LogP contribution in [0.1, 0.15) is 43.4 Å².